The fraction of sp³-hybridized carbons (Fsp3) is 0.190. The molecule has 3 heterocycles. The molecule has 164 valence electrons. The van der Waals surface area contributed by atoms with Gasteiger partial charge in [-0.2, -0.15) is 18.3 Å². The van der Waals surface area contributed by atoms with Gasteiger partial charge in [-0.1, -0.05) is 23.5 Å². The molecule has 0 spiro atoms. The van der Waals surface area contributed by atoms with Gasteiger partial charge in [0.25, 0.3) is 0 Å². The third-order valence-corrected chi connectivity index (χ3v) is 5.61. The van der Waals surface area contributed by atoms with Crippen molar-refractivity contribution in [2.24, 2.45) is 0 Å². The van der Waals surface area contributed by atoms with Crippen molar-refractivity contribution in [3.63, 3.8) is 0 Å². The van der Waals surface area contributed by atoms with E-state index in [9.17, 15) is 18.0 Å². The first-order valence-electron chi connectivity index (χ1n) is 9.50. The van der Waals surface area contributed by atoms with Crippen molar-refractivity contribution < 1.29 is 18.0 Å². The van der Waals surface area contributed by atoms with E-state index in [4.69, 9.17) is 0 Å². The summed E-state index contributed by atoms with van der Waals surface area (Å²) in [6, 6.07) is 10.3. The molecule has 11 heteroatoms. The highest BCUT2D eigenvalue weighted by molar-refractivity contribution is 7.18. The van der Waals surface area contributed by atoms with Crippen molar-refractivity contribution in [2.75, 3.05) is 5.32 Å². The Hall–Kier alpha value is -3.60. The second-order valence-corrected chi connectivity index (χ2v) is 7.94. The van der Waals surface area contributed by atoms with Crippen molar-refractivity contribution in [2.45, 2.75) is 26.4 Å². The molecule has 0 radical (unpaired) electrons. The smallest absolute Gasteiger partial charge is 0.300 e. The van der Waals surface area contributed by atoms with E-state index in [2.05, 4.69) is 25.6 Å². The molecule has 0 aliphatic rings. The number of hydrogen-bond acceptors (Lipinski definition) is 6. The number of amides is 1. The first kappa shape index (κ1) is 21.6. The van der Waals surface area contributed by atoms with Gasteiger partial charge >= 0.3 is 6.18 Å². The Labute approximate surface area is 185 Å². The number of carbonyl (C=O) groups is 1. The molecule has 1 aromatic carbocycles. The zero-order valence-corrected chi connectivity index (χ0v) is 17.8. The quantitative estimate of drug-likeness (QED) is 0.472. The van der Waals surface area contributed by atoms with E-state index in [1.165, 1.54) is 22.1 Å². The Morgan fingerprint density at radius 3 is 2.66 bits per heavy atom. The number of rotatable bonds is 5. The lowest BCUT2D eigenvalue weighted by Crippen LogP contribution is -2.15. The number of halogens is 3. The SMILES string of the molecule is Cc1nn(-c2cccc(C(F)(F)F)c2)c(C)c1CC(=O)Nc1nnc(-c2ccccn2)s1. The van der Waals surface area contributed by atoms with Crippen molar-refractivity contribution in [3.05, 3.63) is 71.2 Å². The summed E-state index contributed by atoms with van der Waals surface area (Å²) in [5.41, 5.74) is 1.94. The molecule has 0 unspecified atom stereocenters. The predicted octanol–water partition coefficient (Wildman–Crippen LogP) is 4.60. The maximum atomic E-state index is 13.1. The summed E-state index contributed by atoms with van der Waals surface area (Å²) in [6.07, 6.45) is -2.82. The monoisotopic (exact) mass is 458 g/mol. The van der Waals surface area contributed by atoms with Crippen LogP contribution in [0, 0.1) is 13.8 Å². The third kappa shape index (κ3) is 4.52. The summed E-state index contributed by atoms with van der Waals surface area (Å²) in [7, 11) is 0. The third-order valence-electron chi connectivity index (χ3n) is 4.75. The van der Waals surface area contributed by atoms with Crippen LogP contribution in [-0.2, 0) is 17.4 Å². The molecule has 0 aliphatic heterocycles. The number of aryl methyl sites for hydroxylation is 1. The second kappa shape index (κ2) is 8.50. The molecule has 1 N–H and O–H groups in total. The van der Waals surface area contributed by atoms with Crippen molar-refractivity contribution in [1.82, 2.24) is 25.0 Å². The maximum absolute atomic E-state index is 13.1. The summed E-state index contributed by atoms with van der Waals surface area (Å²) >= 11 is 1.20. The molecule has 4 rings (SSSR count). The van der Waals surface area contributed by atoms with Crippen LogP contribution in [0.1, 0.15) is 22.5 Å². The molecule has 3 aromatic heterocycles. The van der Waals surface area contributed by atoms with E-state index < -0.39 is 11.7 Å². The van der Waals surface area contributed by atoms with E-state index in [1.54, 1.807) is 38.2 Å². The minimum Gasteiger partial charge on any atom is -0.300 e. The molecular formula is C21H17F3N6OS. The topological polar surface area (TPSA) is 85.6 Å². The molecular weight excluding hydrogens is 441 g/mol. The largest absolute Gasteiger partial charge is 0.416 e. The highest BCUT2D eigenvalue weighted by atomic mass is 32.1. The minimum atomic E-state index is -4.45. The molecule has 0 fully saturated rings. The number of anilines is 1. The van der Waals surface area contributed by atoms with E-state index in [-0.39, 0.29) is 18.0 Å². The van der Waals surface area contributed by atoms with E-state index in [0.29, 0.717) is 32.8 Å². The Balaban J connectivity index is 1.52. The lowest BCUT2D eigenvalue weighted by atomic mass is 10.1. The minimum absolute atomic E-state index is 0.00483. The predicted molar refractivity (Wildman–Crippen MR) is 114 cm³/mol. The van der Waals surface area contributed by atoms with Crippen LogP contribution < -0.4 is 5.32 Å². The summed E-state index contributed by atoms with van der Waals surface area (Å²) in [5.74, 6) is -0.330. The van der Waals surface area contributed by atoms with Gasteiger partial charge < -0.3 is 5.32 Å². The number of nitrogens with zero attached hydrogens (tertiary/aromatic N) is 5. The molecule has 0 aliphatic carbocycles. The highest BCUT2D eigenvalue weighted by Gasteiger charge is 2.30. The van der Waals surface area contributed by atoms with Gasteiger partial charge in [-0.25, -0.2) is 4.68 Å². The van der Waals surface area contributed by atoms with Gasteiger partial charge in [0.15, 0.2) is 5.01 Å². The highest BCUT2D eigenvalue weighted by Crippen LogP contribution is 2.31. The van der Waals surface area contributed by atoms with E-state index in [1.807, 2.05) is 6.07 Å². The Morgan fingerprint density at radius 2 is 1.94 bits per heavy atom. The van der Waals surface area contributed by atoms with Crippen molar-refractivity contribution in [3.8, 4) is 16.4 Å². The number of carbonyl (C=O) groups excluding carboxylic acids is 1. The number of nitrogens with one attached hydrogen (secondary N) is 1. The fourth-order valence-corrected chi connectivity index (χ4v) is 3.92. The number of pyridine rings is 1. The van der Waals surface area contributed by atoms with E-state index in [0.717, 1.165) is 12.1 Å². The van der Waals surface area contributed by atoms with Gasteiger partial charge in [-0.15, -0.1) is 10.2 Å². The summed E-state index contributed by atoms with van der Waals surface area (Å²) in [4.78, 5) is 16.8. The van der Waals surface area contributed by atoms with Gasteiger partial charge in [0.1, 0.15) is 5.69 Å². The fourth-order valence-electron chi connectivity index (χ4n) is 3.19. The standard InChI is InChI=1S/C21H17F3N6OS/c1-12-16(13(2)30(29-12)15-7-5-6-14(10-15)21(22,23)24)11-18(31)26-20-28-27-19(32-20)17-8-3-4-9-25-17/h3-10H,11H2,1-2H3,(H,26,28,31). The lowest BCUT2D eigenvalue weighted by Gasteiger charge is -2.10. The van der Waals surface area contributed by atoms with E-state index >= 15 is 0 Å². The molecule has 7 nitrogen and oxygen atoms in total. The Kier molecular flexibility index (Phi) is 5.74. The first-order valence-corrected chi connectivity index (χ1v) is 10.3. The maximum Gasteiger partial charge on any atom is 0.416 e. The van der Waals surface area contributed by atoms with Crippen molar-refractivity contribution in [1.29, 1.82) is 0 Å². The zero-order valence-electron chi connectivity index (χ0n) is 17.0. The van der Waals surface area contributed by atoms with Crippen LogP contribution in [0.25, 0.3) is 16.4 Å². The van der Waals surface area contributed by atoms with Crippen molar-refractivity contribution >= 4 is 22.4 Å². The average Bonchev–Trinajstić information content (AvgIpc) is 3.34. The van der Waals surface area contributed by atoms with Gasteiger partial charge in [0, 0.05) is 17.5 Å². The number of aromatic nitrogens is 5. The normalized spacial score (nSPS) is 11.5. The Morgan fingerprint density at radius 1 is 1.12 bits per heavy atom. The van der Waals surface area contributed by atoms with Gasteiger partial charge in [0.05, 0.1) is 23.4 Å². The molecule has 0 saturated heterocycles. The first-order chi connectivity index (χ1) is 15.2. The van der Waals surface area contributed by atoms with Crippen LogP contribution in [0.4, 0.5) is 18.3 Å². The summed E-state index contributed by atoms with van der Waals surface area (Å²) < 4.78 is 40.6. The van der Waals surface area contributed by atoms with Gasteiger partial charge in [0.2, 0.25) is 11.0 Å². The number of hydrogen-bond donors (Lipinski definition) is 1. The summed E-state index contributed by atoms with van der Waals surface area (Å²) in [6.45, 7) is 3.43. The van der Waals surface area contributed by atoms with Crippen LogP contribution in [0.3, 0.4) is 0 Å². The molecule has 1 amide bonds. The molecule has 4 aromatic rings. The van der Waals surface area contributed by atoms with Crippen LogP contribution in [0.2, 0.25) is 0 Å². The zero-order chi connectivity index (χ0) is 22.9. The summed E-state index contributed by atoms with van der Waals surface area (Å²) in [5, 5.41) is 16.0. The number of alkyl halides is 3. The molecule has 0 atom stereocenters. The van der Waals surface area contributed by atoms with Gasteiger partial charge in [-0.3, -0.25) is 9.78 Å². The van der Waals surface area contributed by atoms with Crippen LogP contribution in [0.15, 0.2) is 48.7 Å². The molecule has 0 saturated carbocycles. The van der Waals surface area contributed by atoms with Crippen LogP contribution >= 0.6 is 11.3 Å². The number of benzene rings is 1. The van der Waals surface area contributed by atoms with Crippen LogP contribution in [-0.4, -0.2) is 30.9 Å². The molecule has 32 heavy (non-hydrogen) atoms. The second-order valence-electron chi connectivity index (χ2n) is 6.96. The Bertz CT molecular complexity index is 1270. The molecule has 0 bridgehead atoms. The van der Waals surface area contributed by atoms with Crippen LogP contribution in [0.5, 0.6) is 0 Å². The average molecular weight is 458 g/mol. The van der Waals surface area contributed by atoms with Gasteiger partial charge in [-0.05, 0) is 44.2 Å². The lowest BCUT2D eigenvalue weighted by molar-refractivity contribution is -0.137.